The smallest absolute Gasteiger partial charge is 0.350 e. The molecule has 0 radical (unpaired) electrons. The van der Waals surface area contributed by atoms with E-state index in [1.807, 2.05) is 13.8 Å². The molecule has 0 amide bonds. The number of aryl methyl sites for hydroxylation is 1. The van der Waals surface area contributed by atoms with E-state index >= 15 is 0 Å². The van der Waals surface area contributed by atoms with Crippen molar-refractivity contribution >= 4 is 0 Å². The van der Waals surface area contributed by atoms with Crippen LogP contribution < -0.4 is 10.4 Å². The predicted octanol–water partition coefficient (Wildman–Crippen LogP) is 0.567. The Morgan fingerprint density at radius 3 is 2.75 bits per heavy atom. The van der Waals surface area contributed by atoms with Crippen molar-refractivity contribution in [2.24, 2.45) is 7.05 Å². The standard InChI is InChI=1S/C8H12N2O2/c1-6(2)12-7-4-5-10(3)8(11)9-7/h4-6H,1-3H3. The van der Waals surface area contributed by atoms with E-state index in [0.717, 1.165) is 0 Å². The minimum atomic E-state index is -0.298. The number of hydrogen-bond donors (Lipinski definition) is 0. The summed E-state index contributed by atoms with van der Waals surface area (Å²) in [6, 6.07) is 1.67. The Bertz CT molecular complexity index is 317. The maximum atomic E-state index is 11.0. The Balaban J connectivity index is 2.90. The van der Waals surface area contributed by atoms with Crippen LogP contribution in [0.3, 0.4) is 0 Å². The van der Waals surface area contributed by atoms with Crippen molar-refractivity contribution in [3.05, 3.63) is 22.7 Å². The average molecular weight is 168 g/mol. The summed E-state index contributed by atoms with van der Waals surface area (Å²) in [6.45, 7) is 3.78. The minimum absolute atomic E-state index is 0.0459. The number of ether oxygens (including phenoxy) is 1. The quantitative estimate of drug-likeness (QED) is 0.648. The summed E-state index contributed by atoms with van der Waals surface area (Å²) in [5, 5.41) is 0. The molecule has 66 valence electrons. The Morgan fingerprint density at radius 1 is 1.58 bits per heavy atom. The second kappa shape index (κ2) is 3.38. The third kappa shape index (κ3) is 2.08. The lowest BCUT2D eigenvalue weighted by atomic mass is 10.5. The van der Waals surface area contributed by atoms with Crippen LogP contribution in [0.15, 0.2) is 17.1 Å². The molecule has 0 aliphatic carbocycles. The van der Waals surface area contributed by atoms with Crippen molar-refractivity contribution in [1.82, 2.24) is 9.55 Å². The molecule has 0 aliphatic rings. The van der Waals surface area contributed by atoms with Gasteiger partial charge >= 0.3 is 5.69 Å². The molecule has 0 spiro atoms. The monoisotopic (exact) mass is 168 g/mol. The zero-order valence-electron chi connectivity index (χ0n) is 7.44. The fourth-order valence-electron chi connectivity index (χ4n) is 0.757. The fraction of sp³-hybridized carbons (Fsp3) is 0.500. The molecule has 1 heterocycles. The highest BCUT2D eigenvalue weighted by molar-refractivity contribution is 5.05. The average Bonchev–Trinajstić information content (AvgIpc) is 1.96. The van der Waals surface area contributed by atoms with Crippen molar-refractivity contribution in [2.75, 3.05) is 0 Å². The van der Waals surface area contributed by atoms with E-state index in [0.29, 0.717) is 5.88 Å². The molecule has 1 aromatic rings. The molecule has 4 heteroatoms. The van der Waals surface area contributed by atoms with Gasteiger partial charge in [-0.05, 0) is 13.8 Å². The van der Waals surface area contributed by atoms with Gasteiger partial charge in [0.1, 0.15) is 0 Å². The maximum Gasteiger partial charge on any atom is 0.350 e. The molecular weight excluding hydrogens is 156 g/mol. The highest BCUT2D eigenvalue weighted by atomic mass is 16.5. The van der Waals surface area contributed by atoms with E-state index in [4.69, 9.17) is 4.74 Å². The summed E-state index contributed by atoms with van der Waals surface area (Å²) < 4.78 is 6.62. The van der Waals surface area contributed by atoms with Crippen LogP contribution in [-0.2, 0) is 7.05 Å². The van der Waals surface area contributed by atoms with Crippen LogP contribution in [0.25, 0.3) is 0 Å². The van der Waals surface area contributed by atoms with E-state index in [1.165, 1.54) is 4.57 Å². The van der Waals surface area contributed by atoms with E-state index < -0.39 is 0 Å². The molecule has 4 nitrogen and oxygen atoms in total. The van der Waals surface area contributed by atoms with Crippen LogP contribution in [0.2, 0.25) is 0 Å². The predicted molar refractivity (Wildman–Crippen MR) is 45.2 cm³/mol. The third-order valence-corrected chi connectivity index (χ3v) is 1.30. The number of hydrogen-bond acceptors (Lipinski definition) is 3. The van der Waals surface area contributed by atoms with Crippen LogP contribution in [-0.4, -0.2) is 15.7 Å². The van der Waals surface area contributed by atoms with Gasteiger partial charge in [-0.15, -0.1) is 0 Å². The molecule has 0 atom stereocenters. The number of aromatic nitrogens is 2. The Labute approximate surface area is 70.8 Å². The lowest BCUT2D eigenvalue weighted by Gasteiger charge is -2.07. The first-order chi connectivity index (χ1) is 5.59. The highest BCUT2D eigenvalue weighted by Crippen LogP contribution is 2.02. The molecule has 1 rings (SSSR count). The minimum Gasteiger partial charge on any atom is -0.475 e. The molecule has 12 heavy (non-hydrogen) atoms. The Morgan fingerprint density at radius 2 is 2.25 bits per heavy atom. The summed E-state index contributed by atoms with van der Waals surface area (Å²) in [4.78, 5) is 14.7. The molecule has 0 saturated carbocycles. The third-order valence-electron chi connectivity index (χ3n) is 1.30. The zero-order chi connectivity index (χ0) is 9.14. The van der Waals surface area contributed by atoms with Gasteiger partial charge in [0.15, 0.2) is 0 Å². The van der Waals surface area contributed by atoms with Crippen molar-refractivity contribution in [3.63, 3.8) is 0 Å². The topological polar surface area (TPSA) is 44.1 Å². The first-order valence-electron chi connectivity index (χ1n) is 3.80. The first kappa shape index (κ1) is 8.77. The lowest BCUT2D eigenvalue weighted by molar-refractivity contribution is 0.231. The first-order valence-corrected chi connectivity index (χ1v) is 3.80. The fourth-order valence-corrected chi connectivity index (χ4v) is 0.757. The highest BCUT2D eigenvalue weighted by Gasteiger charge is 1.99. The molecule has 0 bridgehead atoms. The van der Waals surface area contributed by atoms with Gasteiger partial charge in [-0.2, -0.15) is 4.98 Å². The summed E-state index contributed by atoms with van der Waals surface area (Å²) >= 11 is 0. The number of nitrogens with zero attached hydrogens (tertiary/aromatic N) is 2. The second-order valence-electron chi connectivity index (χ2n) is 2.83. The molecule has 0 fully saturated rings. The van der Waals surface area contributed by atoms with E-state index in [-0.39, 0.29) is 11.8 Å². The summed E-state index contributed by atoms with van der Waals surface area (Å²) in [5.74, 6) is 0.383. The van der Waals surface area contributed by atoms with Gasteiger partial charge in [-0.3, -0.25) is 0 Å². The van der Waals surface area contributed by atoms with E-state index in [1.54, 1.807) is 19.3 Å². The van der Waals surface area contributed by atoms with Crippen LogP contribution in [0, 0.1) is 0 Å². The normalized spacial score (nSPS) is 10.3. The van der Waals surface area contributed by atoms with E-state index in [9.17, 15) is 4.79 Å². The van der Waals surface area contributed by atoms with Gasteiger partial charge in [0, 0.05) is 19.3 Å². The SMILES string of the molecule is CC(C)Oc1ccn(C)c(=O)n1. The van der Waals surface area contributed by atoms with Crippen molar-refractivity contribution < 1.29 is 4.74 Å². The Hall–Kier alpha value is -1.32. The molecule has 0 aliphatic heterocycles. The summed E-state index contributed by atoms with van der Waals surface area (Å²) in [6.07, 6.45) is 1.68. The van der Waals surface area contributed by atoms with Crippen LogP contribution >= 0.6 is 0 Å². The van der Waals surface area contributed by atoms with Crippen molar-refractivity contribution in [1.29, 1.82) is 0 Å². The van der Waals surface area contributed by atoms with Crippen LogP contribution in [0.1, 0.15) is 13.8 Å². The van der Waals surface area contributed by atoms with Gasteiger partial charge in [-0.25, -0.2) is 4.79 Å². The van der Waals surface area contributed by atoms with E-state index in [2.05, 4.69) is 4.98 Å². The summed E-state index contributed by atoms with van der Waals surface area (Å²) in [5.41, 5.74) is -0.298. The Kier molecular flexibility index (Phi) is 2.47. The van der Waals surface area contributed by atoms with Gasteiger partial charge in [-0.1, -0.05) is 0 Å². The van der Waals surface area contributed by atoms with Crippen LogP contribution in [0.4, 0.5) is 0 Å². The van der Waals surface area contributed by atoms with Gasteiger partial charge in [0.25, 0.3) is 0 Å². The molecule has 0 N–H and O–H groups in total. The van der Waals surface area contributed by atoms with Crippen LogP contribution in [0.5, 0.6) is 5.88 Å². The molecule has 0 unspecified atom stereocenters. The number of rotatable bonds is 2. The van der Waals surface area contributed by atoms with Gasteiger partial charge in [0.2, 0.25) is 5.88 Å². The molecule has 0 saturated heterocycles. The second-order valence-corrected chi connectivity index (χ2v) is 2.83. The van der Waals surface area contributed by atoms with Gasteiger partial charge < -0.3 is 9.30 Å². The lowest BCUT2D eigenvalue weighted by Crippen LogP contribution is -2.20. The molecular formula is C8H12N2O2. The molecule has 1 aromatic heterocycles. The molecule has 0 aromatic carbocycles. The van der Waals surface area contributed by atoms with Crippen molar-refractivity contribution in [3.8, 4) is 5.88 Å². The largest absolute Gasteiger partial charge is 0.475 e. The van der Waals surface area contributed by atoms with Gasteiger partial charge in [0.05, 0.1) is 6.10 Å². The zero-order valence-corrected chi connectivity index (χ0v) is 7.44. The van der Waals surface area contributed by atoms with Crippen molar-refractivity contribution in [2.45, 2.75) is 20.0 Å². The summed E-state index contributed by atoms with van der Waals surface area (Å²) in [7, 11) is 1.65. The maximum absolute atomic E-state index is 11.0.